The van der Waals surface area contributed by atoms with Crippen molar-refractivity contribution in [3.8, 4) is 0 Å². The second-order valence-electron chi connectivity index (χ2n) is 4.67. The van der Waals surface area contributed by atoms with Crippen LogP contribution in [0, 0.1) is 0 Å². The fourth-order valence-electron chi connectivity index (χ4n) is 2.21. The molecule has 0 amide bonds. The number of para-hydroxylation sites is 1. The zero-order chi connectivity index (χ0) is 15.4. The van der Waals surface area contributed by atoms with E-state index < -0.39 is 5.97 Å². The van der Waals surface area contributed by atoms with Crippen molar-refractivity contribution in [3.05, 3.63) is 72.3 Å². The largest absolute Gasteiger partial charge is 0.463 e. The van der Waals surface area contributed by atoms with Crippen LogP contribution in [0.4, 0.5) is 0 Å². The van der Waals surface area contributed by atoms with E-state index >= 15 is 0 Å². The molecule has 0 N–H and O–H groups in total. The number of pyridine rings is 1. The number of ether oxygens (including phenoxy) is 1. The zero-order valence-corrected chi connectivity index (χ0v) is 12.2. The van der Waals surface area contributed by atoms with Gasteiger partial charge in [0, 0.05) is 17.7 Å². The second-order valence-corrected chi connectivity index (χ2v) is 4.67. The highest BCUT2D eigenvalue weighted by atomic mass is 16.5. The molecule has 0 aliphatic heterocycles. The van der Waals surface area contributed by atoms with Gasteiger partial charge >= 0.3 is 5.97 Å². The van der Waals surface area contributed by atoms with Crippen LogP contribution in [0.5, 0.6) is 0 Å². The summed E-state index contributed by atoms with van der Waals surface area (Å²) in [7, 11) is 0. The number of nitrogens with zero attached hydrogens (tertiary/aromatic N) is 1. The molecule has 0 saturated heterocycles. The fraction of sp³-hybridized carbons (Fsp3) is 0.111. The van der Waals surface area contributed by atoms with Crippen LogP contribution in [0.25, 0.3) is 16.5 Å². The SMILES string of the molecule is CCOC(=O)/C=C(\c1ccccn1)c1cc2ccccc2o1. The van der Waals surface area contributed by atoms with Gasteiger partial charge in [-0.3, -0.25) is 4.98 Å². The topological polar surface area (TPSA) is 52.3 Å². The summed E-state index contributed by atoms with van der Waals surface area (Å²) in [6.07, 6.45) is 3.10. The maximum Gasteiger partial charge on any atom is 0.331 e. The molecule has 0 saturated carbocycles. The number of fused-ring (bicyclic) bond motifs is 1. The molecule has 0 unspecified atom stereocenters. The third-order valence-corrected chi connectivity index (χ3v) is 3.18. The predicted molar refractivity (Wildman–Crippen MR) is 84.2 cm³/mol. The molecule has 0 atom stereocenters. The number of carbonyl (C=O) groups excluding carboxylic acids is 1. The lowest BCUT2D eigenvalue weighted by atomic mass is 10.1. The zero-order valence-electron chi connectivity index (χ0n) is 12.2. The Morgan fingerprint density at radius 3 is 2.77 bits per heavy atom. The summed E-state index contributed by atoms with van der Waals surface area (Å²) >= 11 is 0. The first-order valence-corrected chi connectivity index (χ1v) is 7.06. The van der Waals surface area contributed by atoms with E-state index in [0.717, 1.165) is 11.0 Å². The highest BCUT2D eigenvalue weighted by molar-refractivity contribution is 5.96. The van der Waals surface area contributed by atoms with Crippen LogP contribution < -0.4 is 0 Å². The maximum absolute atomic E-state index is 11.8. The van der Waals surface area contributed by atoms with E-state index in [-0.39, 0.29) is 0 Å². The molecule has 4 heteroatoms. The highest BCUT2D eigenvalue weighted by Crippen LogP contribution is 2.28. The molecule has 0 spiro atoms. The second kappa shape index (κ2) is 6.26. The molecular formula is C18H15NO3. The lowest BCUT2D eigenvalue weighted by molar-refractivity contribution is -0.137. The van der Waals surface area contributed by atoms with Crippen LogP contribution in [-0.4, -0.2) is 17.6 Å². The highest BCUT2D eigenvalue weighted by Gasteiger charge is 2.14. The molecule has 2 aromatic heterocycles. The summed E-state index contributed by atoms with van der Waals surface area (Å²) in [5, 5.41) is 0.975. The summed E-state index contributed by atoms with van der Waals surface area (Å²) in [6, 6.07) is 15.1. The van der Waals surface area contributed by atoms with Gasteiger partial charge in [0.25, 0.3) is 0 Å². The van der Waals surface area contributed by atoms with Crippen molar-refractivity contribution in [2.45, 2.75) is 6.92 Å². The minimum Gasteiger partial charge on any atom is -0.463 e. The predicted octanol–water partition coefficient (Wildman–Crippen LogP) is 3.82. The number of hydrogen-bond donors (Lipinski definition) is 0. The Hall–Kier alpha value is -2.88. The molecule has 0 aliphatic rings. The molecule has 22 heavy (non-hydrogen) atoms. The van der Waals surface area contributed by atoms with Crippen LogP contribution in [0.15, 0.2) is 65.2 Å². The quantitative estimate of drug-likeness (QED) is 0.542. The molecule has 4 nitrogen and oxygen atoms in total. The molecule has 110 valence electrons. The van der Waals surface area contributed by atoms with Crippen molar-refractivity contribution in [2.75, 3.05) is 6.61 Å². The van der Waals surface area contributed by atoms with Gasteiger partial charge in [0.1, 0.15) is 11.3 Å². The first kappa shape index (κ1) is 14.1. The number of hydrogen-bond acceptors (Lipinski definition) is 4. The average Bonchev–Trinajstić information content (AvgIpc) is 2.97. The standard InChI is InChI=1S/C18H15NO3/c1-2-21-18(20)12-14(15-8-5-6-10-19-15)17-11-13-7-3-4-9-16(13)22-17/h3-12H,2H2,1H3/b14-12+. The van der Waals surface area contributed by atoms with Crippen LogP contribution >= 0.6 is 0 Å². The van der Waals surface area contributed by atoms with E-state index in [4.69, 9.17) is 9.15 Å². The van der Waals surface area contributed by atoms with Gasteiger partial charge in [0.05, 0.1) is 17.9 Å². The van der Waals surface area contributed by atoms with Crippen molar-refractivity contribution in [3.63, 3.8) is 0 Å². The van der Waals surface area contributed by atoms with Gasteiger partial charge in [-0.15, -0.1) is 0 Å². The van der Waals surface area contributed by atoms with Crippen molar-refractivity contribution < 1.29 is 13.9 Å². The maximum atomic E-state index is 11.8. The van der Waals surface area contributed by atoms with Crippen molar-refractivity contribution in [1.29, 1.82) is 0 Å². The molecule has 0 radical (unpaired) electrons. The van der Waals surface area contributed by atoms with Gasteiger partial charge in [-0.25, -0.2) is 4.79 Å². The molecule has 3 rings (SSSR count). The smallest absolute Gasteiger partial charge is 0.331 e. The normalized spacial score (nSPS) is 11.6. The lowest BCUT2D eigenvalue weighted by Crippen LogP contribution is -2.02. The molecule has 0 aliphatic carbocycles. The summed E-state index contributed by atoms with van der Waals surface area (Å²) < 4.78 is 10.9. The Labute approximate surface area is 128 Å². The monoisotopic (exact) mass is 293 g/mol. The van der Waals surface area contributed by atoms with Crippen LogP contribution in [0.1, 0.15) is 18.4 Å². The number of aromatic nitrogens is 1. The molecule has 3 aromatic rings. The van der Waals surface area contributed by atoms with Gasteiger partial charge in [-0.05, 0) is 31.2 Å². The first-order valence-electron chi connectivity index (χ1n) is 7.06. The number of furan rings is 1. The number of esters is 1. The van der Waals surface area contributed by atoms with Crippen LogP contribution in [0.3, 0.4) is 0 Å². The minimum atomic E-state index is -0.413. The van der Waals surface area contributed by atoms with E-state index in [9.17, 15) is 4.79 Å². The summed E-state index contributed by atoms with van der Waals surface area (Å²) in [6.45, 7) is 2.10. The van der Waals surface area contributed by atoms with Crippen molar-refractivity contribution in [2.24, 2.45) is 0 Å². The first-order chi connectivity index (χ1) is 10.8. The van der Waals surface area contributed by atoms with Gasteiger partial charge in [-0.2, -0.15) is 0 Å². The van der Waals surface area contributed by atoms with Gasteiger partial charge in [0.2, 0.25) is 0 Å². The Morgan fingerprint density at radius 1 is 1.23 bits per heavy atom. The molecule has 0 fully saturated rings. The fourth-order valence-corrected chi connectivity index (χ4v) is 2.21. The lowest BCUT2D eigenvalue weighted by Gasteiger charge is -2.04. The number of benzene rings is 1. The van der Waals surface area contributed by atoms with Crippen molar-refractivity contribution >= 4 is 22.5 Å². The van der Waals surface area contributed by atoms with Crippen molar-refractivity contribution in [1.82, 2.24) is 4.98 Å². The number of rotatable bonds is 4. The Bertz CT molecular complexity index is 785. The van der Waals surface area contributed by atoms with E-state index in [0.29, 0.717) is 23.6 Å². The van der Waals surface area contributed by atoms with Gasteiger partial charge in [-0.1, -0.05) is 24.3 Å². The molecule has 1 aromatic carbocycles. The third-order valence-electron chi connectivity index (χ3n) is 3.18. The summed E-state index contributed by atoms with van der Waals surface area (Å²) in [5.41, 5.74) is 2.04. The molecule has 0 bridgehead atoms. The molecular weight excluding hydrogens is 278 g/mol. The van der Waals surface area contributed by atoms with Gasteiger partial charge < -0.3 is 9.15 Å². The summed E-state index contributed by atoms with van der Waals surface area (Å²) in [5.74, 6) is 0.177. The van der Waals surface area contributed by atoms with E-state index in [1.165, 1.54) is 6.08 Å². The van der Waals surface area contributed by atoms with E-state index in [1.54, 1.807) is 13.1 Å². The Balaban J connectivity index is 2.10. The number of carbonyl (C=O) groups is 1. The minimum absolute atomic E-state index is 0.324. The molecule has 2 heterocycles. The third kappa shape index (κ3) is 2.91. The Morgan fingerprint density at radius 2 is 2.05 bits per heavy atom. The average molecular weight is 293 g/mol. The van der Waals surface area contributed by atoms with E-state index in [1.807, 2.05) is 48.5 Å². The van der Waals surface area contributed by atoms with Crippen LogP contribution in [-0.2, 0) is 9.53 Å². The van der Waals surface area contributed by atoms with E-state index in [2.05, 4.69) is 4.98 Å². The van der Waals surface area contributed by atoms with Crippen LogP contribution in [0.2, 0.25) is 0 Å². The summed E-state index contributed by atoms with van der Waals surface area (Å²) in [4.78, 5) is 16.1. The van der Waals surface area contributed by atoms with Gasteiger partial charge in [0.15, 0.2) is 0 Å². The Kier molecular flexibility index (Phi) is 4.01.